The Hall–Kier alpha value is -2.02. The second-order valence-electron chi connectivity index (χ2n) is 6.99. The van der Waals surface area contributed by atoms with Crippen molar-refractivity contribution < 1.29 is 18.4 Å². The van der Waals surface area contributed by atoms with E-state index in [0.717, 1.165) is 6.07 Å². The average Bonchev–Trinajstić information content (AvgIpc) is 2.45. The Balaban J connectivity index is 2.12. The van der Waals surface area contributed by atoms with E-state index in [1.54, 1.807) is 4.90 Å². The van der Waals surface area contributed by atoms with Gasteiger partial charge >= 0.3 is 0 Å². The van der Waals surface area contributed by atoms with Crippen molar-refractivity contribution in [2.24, 2.45) is 0 Å². The van der Waals surface area contributed by atoms with Crippen LogP contribution in [0.4, 0.5) is 8.78 Å². The molecule has 1 saturated heterocycles. The lowest BCUT2D eigenvalue weighted by atomic mass is 10.0. The van der Waals surface area contributed by atoms with Crippen LogP contribution in [0, 0.1) is 11.6 Å². The lowest BCUT2D eigenvalue weighted by Gasteiger charge is -2.35. The second kappa shape index (κ2) is 7.25. The largest absolute Gasteiger partial charge is 0.353 e. The van der Waals surface area contributed by atoms with Gasteiger partial charge < -0.3 is 10.6 Å². The van der Waals surface area contributed by atoms with Crippen molar-refractivity contribution in [3.8, 4) is 0 Å². The lowest BCUT2D eigenvalue weighted by molar-refractivity contribution is -0.134. The molecular weight excluding hydrogens is 316 g/mol. The van der Waals surface area contributed by atoms with E-state index in [2.05, 4.69) is 10.6 Å². The van der Waals surface area contributed by atoms with Crippen LogP contribution in [0.15, 0.2) is 18.2 Å². The van der Waals surface area contributed by atoms with Crippen molar-refractivity contribution >= 4 is 11.8 Å². The third kappa shape index (κ3) is 4.74. The molecule has 1 aliphatic heterocycles. The Labute approximate surface area is 140 Å². The highest BCUT2D eigenvalue weighted by molar-refractivity contribution is 5.89. The van der Waals surface area contributed by atoms with Gasteiger partial charge in [-0.15, -0.1) is 0 Å². The molecule has 1 aromatic rings. The van der Waals surface area contributed by atoms with Gasteiger partial charge in [0.1, 0.15) is 0 Å². The smallest absolute Gasteiger partial charge is 0.237 e. The standard InChI is InChI=1S/C17H23F2N3O2/c1-17(2,3)21-14(23)9-13-16(24)20-7-8-22(13)10-11-5-4-6-12(18)15(11)19/h4-6,13H,7-10H2,1-3H3,(H,20,24)(H,21,23). The minimum absolute atomic E-state index is 0.0277. The molecule has 0 bridgehead atoms. The summed E-state index contributed by atoms with van der Waals surface area (Å²) < 4.78 is 27.3. The maximum absolute atomic E-state index is 13.9. The van der Waals surface area contributed by atoms with Crippen molar-refractivity contribution in [1.29, 1.82) is 0 Å². The average molecular weight is 339 g/mol. The predicted molar refractivity (Wildman–Crippen MR) is 86.1 cm³/mol. The van der Waals surface area contributed by atoms with Gasteiger partial charge in [0.15, 0.2) is 11.6 Å². The minimum Gasteiger partial charge on any atom is -0.353 e. The number of nitrogens with one attached hydrogen (secondary N) is 2. The summed E-state index contributed by atoms with van der Waals surface area (Å²) in [6.07, 6.45) is -0.0277. The van der Waals surface area contributed by atoms with E-state index >= 15 is 0 Å². The van der Waals surface area contributed by atoms with Gasteiger partial charge in [-0.05, 0) is 26.8 Å². The third-order valence-electron chi connectivity index (χ3n) is 3.74. The molecule has 2 amide bonds. The molecule has 1 atom stereocenters. The van der Waals surface area contributed by atoms with Gasteiger partial charge in [0, 0.05) is 30.7 Å². The number of amides is 2. The zero-order valence-electron chi connectivity index (χ0n) is 14.2. The number of nitrogens with zero attached hydrogens (tertiary/aromatic N) is 1. The number of halogens is 2. The van der Waals surface area contributed by atoms with Crippen molar-refractivity contribution in [3.63, 3.8) is 0 Å². The van der Waals surface area contributed by atoms with Gasteiger partial charge in [-0.3, -0.25) is 14.5 Å². The van der Waals surface area contributed by atoms with Crippen LogP contribution in [-0.4, -0.2) is 41.4 Å². The van der Waals surface area contributed by atoms with Crippen LogP contribution in [-0.2, 0) is 16.1 Å². The van der Waals surface area contributed by atoms with Crippen molar-refractivity contribution in [2.75, 3.05) is 13.1 Å². The first-order chi connectivity index (χ1) is 11.2. The molecule has 0 saturated carbocycles. The Morgan fingerprint density at radius 2 is 2.08 bits per heavy atom. The summed E-state index contributed by atoms with van der Waals surface area (Å²) >= 11 is 0. The highest BCUT2D eigenvalue weighted by atomic mass is 19.2. The van der Waals surface area contributed by atoms with Crippen LogP contribution in [0.1, 0.15) is 32.8 Å². The predicted octanol–water partition coefficient (Wildman–Crippen LogP) is 1.57. The van der Waals surface area contributed by atoms with E-state index in [1.165, 1.54) is 12.1 Å². The van der Waals surface area contributed by atoms with Crippen LogP contribution in [0.2, 0.25) is 0 Å². The van der Waals surface area contributed by atoms with Gasteiger partial charge in [0.2, 0.25) is 11.8 Å². The molecule has 0 aromatic heterocycles. The highest BCUT2D eigenvalue weighted by Crippen LogP contribution is 2.18. The molecule has 7 heteroatoms. The molecule has 2 N–H and O–H groups in total. The minimum atomic E-state index is -0.920. The number of carbonyl (C=O) groups excluding carboxylic acids is 2. The number of hydrogen-bond donors (Lipinski definition) is 2. The first-order valence-corrected chi connectivity index (χ1v) is 7.93. The molecule has 0 spiro atoms. The van der Waals surface area contributed by atoms with Crippen LogP contribution in [0.3, 0.4) is 0 Å². The molecule has 1 heterocycles. The summed E-state index contributed by atoms with van der Waals surface area (Å²) in [6.45, 7) is 6.51. The number of carbonyl (C=O) groups is 2. The van der Waals surface area contributed by atoms with E-state index < -0.39 is 23.2 Å². The first kappa shape index (κ1) is 18.3. The second-order valence-corrected chi connectivity index (χ2v) is 6.99. The normalized spacial score (nSPS) is 19.0. The van der Waals surface area contributed by atoms with Gasteiger partial charge in [-0.25, -0.2) is 8.78 Å². The fraction of sp³-hybridized carbons (Fsp3) is 0.529. The summed E-state index contributed by atoms with van der Waals surface area (Å²) in [7, 11) is 0. The highest BCUT2D eigenvalue weighted by Gasteiger charge is 2.32. The third-order valence-corrected chi connectivity index (χ3v) is 3.74. The van der Waals surface area contributed by atoms with E-state index in [4.69, 9.17) is 0 Å². The summed E-state index contributed by atoms with van der Waals surface area (Å²) in [5.41, 5.74) is -0.229. The number of hydrogen-bond acceptors (Lipinski definition) is 3. The van der Waals surface area contributed by atoms with Gasteiger partial charge in [0.25, 0.3) is 0 Å². The Bertz CT molecular complexity index is 629. The fourth-order valence-electron chi connectivity index (χ4n) is 2.71. The van der Waals surface area contributed by atoms with Crippen LogP contribution >= 0.6 is 0 Å². The zero-order chi connectivity index (χ0) is 17.9. The van der Waals surface area contributed by atoms with Gasteiger partial charge in [-0.2, -0.15) is 0 Å². The van der Waals surface area contributed by atoms with Gasteiger partial charge in [0.05, 0.1) is 12.5 Å². The van der Waals surface area contributed by atoms with Crippen molar-refractivity contribution in [3.05, 3.63) is 35.4 Å². The molecule has 1 aromatic carbocycles. The molecular formula is C17H23F2N3O2. The van der Waals surface area contributed by atoms with Crippen molar-refractivity contribution in [1.82, 2.24) is 15.5 Å². The quantitative estimate of drug-likeness (QED) is 0.875. The molecule has 1 fully saturated rings. The molecule has 24 heavy (non-hydrogen) atoms. The van der Waals surface area contributed by atoms with Crippen LogP contribution in [0.5, 0.6) is 0 Å². The number of piperazine rings is 1. The van der Waals surface area contributed by atoms with Gasteiger partial charge in [-0.1, -0.05) is 12.1 Å². The molecule has 0 aliphatic carbocycles. The molecule has 132 valence electrons. The summed E-state index contributed by atoms with van der Waals surface area (Å²) in [5, 5.41) is 5.53. The summed E-state index contributed by atoms with van der Waals surface area (Å²) in [4.78, 5) is 26.0. The van der Waals surface area contributed by atoms with Crippen LogP contribution < -0.4 is 10.6 Å². The Morgan fingerprint density at radius 1 is 1.38 bits per heavy atom. The molecule has 5 nitrogen and oxygen atoms in total. The van der Waals surface area contributed by atoms with E-state index in [-0.39, 0.29) is 30.3 Å². The van der Waals surface area contributed by atoms with Crippen molar-refractivity contribution in [2.45, 2.75) is 45.3 Å². The molecule has 1 aliphatic rings. The van der Waals surface area contributed by atoms with E-state index in [9.17, 15) is 18.4 Å². The number of rotatable bonds is 4. The maximum Gasteiger partial charge on any atom is 0.237 e. The van der Waals surface area contributed by atoms with E-state index in [1.807, 2.05) is 20.8 Å². The Kier molecular flexibility index (Phi) is 5.54. The molecule has 1 unspecified atom stereocenters. The fourth-order valence-corrected chi connectivity index (χ4v) is 2.71. The molecule has 2 rings (SSSR count). The van der Waals surface area contributed by atoms with Crippen LogP contribution in [0.25, 0.3) is 0 Å². The maximum atomic E-state index is 13.9. The molecule has 0 radical (unpaired) electrons. The monoisotopic (exact) mass is 339 g/mol. The summed E-state index contributed by atoms with van der Waals surface area (Å²) in [5.74, 6) is -2.37. The zero-order valence-corrected chi connectivity index (χ0v) is 14.2. The summed E-state index contributed by atoms with van der Waals surface area (Å²) in [6, 6.07) is 3.26. The lowest BCUT2D eigenvalue weighted by Crippen LogP contribution is -2.56. The first-order valence-electron chi connectivity index (χ1n) is 7.93. The number of benzene rings is 1. The Morgan fingerprint density at radius 3 is 2.75 bits per heavy atom. The van der Waals surface area contributed by atoms with E-state index in [0.29, 0.717) is 13.1 Å². The SMILES string of the molecule is CC(C)(C)NC(=O)CC1C(=O)NCCN1Cc1cccc(F)c1F. The topological polar surface area (TPSA) is 61.4 Å².